The van der Waals surface area contributed by atoms with Gasteiger partial charge in [-0.25, -0.2) is 17.8 Å². The average molecular weight is 398 g/mol. The standard InChI is InChI=1S/C18H15FN6O2S/c1-12-10-17(25-18(22-12)20-11-21-25)23-14-4-6-15(7-5-14)24-28(26,27)16-8-2-13(19)3-9-16/h2-11,23-24H,1H3. The average Bonchev–Trinajstić information content (AvgIpc) is 3.12. The van der Waals surface area contributed by atoms with Crippen molar-refractivity contribution in [2.24, 2.45) is 0 Å². The molecule has 2 aromatic heterocycles. The first kappa shape index (κ1) is 17.9. The van der Waals surface area contributed by atoms with Crippen LogP contribution in [0.2, 0.25) is 0 Å². The summed E-state index contributed by atoms with van der Waals surface area (Å²) >= 11 is 0. The highest BCUT2D eigenvalue weighted by molar-refractivity contribution is 7.92. The molecule has 2 heterocycles. The van der Waals surface area contributed by atoms with Gasteiger partial charge in [-0.1, -0.05) is 0 Å². The Morgan fingerprint density at radius 2 is 1.68 bits per heavy atom. The molecule has 0 fully saturated rings. The van der Waals surface area contributed by atoms with Crippen LogP contribution < -0.4 is 10.0 Å². The molecular formula is C18H15FN6O2S. The lowest BCUT2D eigenvalue weighted by molar-refractivity contribution is 0.599. The molecule has 0 atom stereocenters. The van der Waals surface area contributed by atoms with Gasteiger partial charge in [-0.3, -0.25) is 4.72 Å². The van der Waals surface area contributed by atoms with Crippen molar-refractivity contribution >= 4 is 33.0 Å². The van der Waals surface area contributed by atoms with E-state index in [9.17, 15) is 12.8 Å². The van der Waals surface area contributed by atoms with E-state index in [1.165, 1.54) is 18.5 Å². The lowest BCUT2D eigenvalue weighted by Crippen LogP contribution is -2.12. The Morgan fingerprint density at radius 1 is 1.00 bits per heavy atom. The van der Waals surface area contributed by atoms with Crippen molar-refractivity contribution in [3.05, 3.63) is 72.4 Å². The third kappa shape index (κ3) is 3.62. The van der Waals surface area contributed by atoms with Gasteiger partial charge in [-0.2, -0.15) is 14.6 Å². The first-order valence-electron chi connectivity index (χ1n) is 8.24. The molecule has 2 aromatic carbocycles. The molecular weight excluding hydrogens is 383 g/mol. The second kappa shape index (κ2) is 6.89. The highest BCUT2D eigenvalue weighted by Gasteiger charge is 2.14. The van der Waals surface area contributed by atoms with Gasteiger partial charge in [0.1, 0.15) is 18.0 Å². The SMILES string of the molecule is Cc1cc(Nc2ccc(NS(=O)(=O)c3ccc(F)cc3)cc2)n2ncnc2n1. The molecule has 0 aliphatic rings. The number of aryl methyl sites for hydroxylation is 1. The number of hydrogen-bond donors (Lipinski definition) is 2. The quantitative estimate of drug-likeness (QED) is 0.536. The summed E-state index contributed by atoms with van der Waals surface area (Å²) in [6.45, 7) is 1.85. The minimum absolute atomic E-state index is 0.0167. The topological polar surface area (TPSA) is 101 Å². The fourth-order valence-corrected chi connectivity index (χ4v) is 3.68. The number of nitrogens with zero attached hydrogens (tertiary/aromatic N) is 4. The summed E-state index contributed by atoms with van der Waals surface area (Å²) in [7, 11) is -3.80. The maximum atomic E-state index is 13.0. The number of benzene rings is 2. The minimum Gasteiger partial charge on any atom is -0.340 e. The van der Waals surface area contributed by atoms with Crippen LogP contribution in [-0.2, 0) is 10.0 Å². The summed E-state index contributed by atoms with van der Waals surface area (Å²) in [4.78, 5) is 8.33. The zero-order valence-electron chi connectivity index (χ0n) is 14.7. The number of hydrogen-bond acceptors (Lipinski definition) is 6. The molecule has 0 unspecified atom stereocenters. The summed E-state index contributed by atoms with van der Waals surface area (Å²) in [5, 5.41) is 7.33. The van der Waals surface area contributed by atoms with Crippen LogP contribution >= 0.6 is 0 Å². The van der Waals surface area contributed by atoms with E-state index >= 15 is 0 Å². The molecule has 0 aliphatic heterocycles. The Labute approximate surface area is 160 Å². The predicted octanol–water partition coefficient (Wildman–Crippen LogP) is 3.12. The van der Waals surface area contributed by atoms with Gasteiger partial charge in [0.25, 0.3) is 15.8 Å². The van der Waals surface area contributed by atoms with Gasteiger partial charge in [-0.15, -0.1) is 0 Å². The summed E-state index contributed by atoms with van der Waals surface area (Å²) in [6, 6.07) is 13.1. The Balaban J connectivity index is 1.54. The number of halogens is 1. The molecule has 0 saturated heterocycles. The molecule has 0 saturated carbocycles. The maximum Gasteiger partial charge on any atom is 0.261 e. The minimum atomic E-state index is -3.80. The van der Waals surface area contributed by atoms with Crippen LogP contribution in [0.4, 0.5) is 21.6 Å². The first-order valence-corrected chi connectivity index (χ1v) is 9.72. The van der Waals surface area contributed by atoms with Crippen molar-refractivity contribution in [2.45, 2.75) is 11.8 Å². The predicted molar refractivity (Wildman–Crippen MR) is 102 cm³/mol. The lowest BCUT2D eigenvalue weighted by atomic mass is 10.3. The van der Waals surface area contributed by atoms with E-state index in [2.05, 4.69) is 25.1 Å². The van der Waals surface area contributed by atoms with Crippen LogP contribution in [0.1, 0.15) is 5.69 Å². The van der Waals surface area contributed by atoms with Gasteiger partial charge in [0.15, 0.2) is 0 Å². The van der Waals surface area contributed by atoms with Crippen molar-refractivity contribution in [3.63, 3.8) is 0 Å². The third-order valence-corrected chi connectivity index (χ3v) is 5.31. The third-order valence-electron chi connectivity index (χ3n) is 3.91. The Hall–Kier alpha value is -3.53. The van der Waals surface area contributed by atoms with Crippen molar-refractivity contribution in [1.29, 1.82) is 0 Å². The van der Waals surface area contributed by atoms with Crippen molar-refractivity contribution in [2.75, 3.05) is 10.0 Å². The van der Waals surface area contributed by atoms with Gasteiger partial charge in [-0.05, 0) is 55.5 Å². The molecule has 0 amide bonds. The lowest BCUT2D eigenvalue weighted by Gasteiger charge is -2.11. The molecule has 2 N–H and O–H groups in total. The van der Waals surface area contributed by atoms with E-state index in [1.807, 2.05) is 13.0 Å². The second-order valence-electron chi connectivity index (χ2n) is 6.02. The van der Waals surface area contributed by atoms with Crippen LogP contribution in [0.5, 0.6) is 0 Å². The summed E-state index contributed by atoms with van der Waals surface area (Å²) in [6.07, 6.45) is 1.42. The van der Waals surface area contributed by atoms with E-state index < -0.39 is 15.8 Å². The fourth-order valence-electron chi connectivity index (χ4n) is 2.62. The molecule has 0 aliphatic carbocycles. The number of anilines is 3. The zero-order valence-corrected chi connectivity index (χ0v) is 15.5. The zero-order chi connectivity index (χ0) is 19.7. The smallest absolute Gasteiger partial charge is 0.261 e. The van der Waals surface area contributed by atoms with E-state index in [0.717, 1.165) is 23.5 Å². The number of nitrogens with one attached hydrogen (secondary N) is 2. The van der Waals surface area contributed by atoms with Crippen molar-refractivity contribution in [1.82, 2.24) is 19.6 Å². The van der Waals surface area contributed by atoms with E-state index in [-0.39, 0.29) is 4.90 Å². The highest BCUT2D eigenvalue weighted by atomic mass is 32.2. The Bertz CT molecular complexity index is 1240. The van der Waals surface area contributed by atoms with Gasteiger partial charge in [0, 0.05) is 23.1 Å². The molecule has 0 spiro atoms. The van der Waals surface area contributed by atoms with E-state index in [4.69, 9.17) is 0 Å². The molecule has 4 aromatic rings. The molecule has 142 valence electrons. The van der Waals surface area contributed by atoms with E-state index in [1.54, 1.807) is 28.8 Å². The van der Waals surface area contributed by atoms with Gasteiger partial charge >= 0.3 is 0 Å². The molecule has 0 radical (unpaired) electrons. The maximum absolute atomic E-state index is 13.0. The van der Waals surface area contributed by atoms with Crippen LogP contribution in [0.15, 0.2) is 65.8 Å². The fraction of sp³-hybridized carbons (Fsp3) is 0.0556. The Kier molecular flexibility index (Phi) is 4.40. The molecule has 4 rings (SSSR count). The van der Waals surface area contributed by atoms with Crippen LogP contribution in [-0.4, -0.2) is 28.0 Å². The van der Waals surface area contributed by atoms with Gasteiger partial charge in [0.2, 0.25) is 0 Å². The van der Waals surface area contributed by atoms with E-state index in [0.29, 0.717) is 17.3 Å². The monoisotopic (exact) mass is 398 g/mol. The molecule has 10 heteroatoms. The van der Waals surface area contributed by atoms with Gasteiger partial charge < -0.3 is 5.32 Å². The van der Waals surface area contributed by atoms with Crippen molar-refractivity contribution in [3.8, 4) is 0 Å². The highest BCUT2D eigenvalue weighted by Crippen LogP contribution is 2.21. The van der Waals surface area contributed by atoms with Crippen molar-refractivity contribution < 1.29 is 12.8 Å². The van der Waals surface area contributed by atoms with Crippen LogP contribution in [0.3, 0.4) is 0 Å². The number of fused-ring (bicyclic) bond motifs is 1. The summed E-state index contributed by atoms with van der Waals surface area (Å²) in [5.74, 6) is 0.660. The Morgan fingerprint density at radius 3 is 2.39 bits per heavy atom. The number of rotatable bonds is 5. The molecule has 28 heavy (non-hydrogen) atoms. The number of aromatic nitrogens is 4. The first-order chi connectivity index (χ1) is 13.4. The normalized spacial score (nSPS) is 11.5. The molecule has 8 nitrogen and oxygen atoms in total. The van der Waals surface area contributed by atoms with Crippen LogP contribution in [0.25, 0.3) is 5.78 Å². The second-order valence-corrected chi connectivity index (χ2v) is 7.70. The largest absolute Gasteiger partial charge is 0.340 e. The summed E-state index contributed by atoms with van der Waals surface area (Å²) < 4.78 is 41.8. The van der Waals surface area contributed by atoms with Gasteiger partial charge in [0.05, 0.1) is 4.90 Å². The number of sulfonamides is 1. The summed E-state index contributed by atoms with van der Waals surface area (Å²) in [5.41, 5.74) is 1.89. The molecule has 0 bridgehead atoms. The van der Waals surface area contributed by atoms with Crippen LogP contribution in [0, 0.1) is 12.7 Å².